The number of H-pyrrole nitrogens is 1. The molecule has 4 rings (SSSR count). The lowest BCUT2D eigenvalue weighted by Gasteiger charge is -2.28. The molecule has 184 valence electrons. The predicted molar refractivity (Wildman–Crippen MR) is 139 cm³/mol. The number of pyridine rings is 1. The maximum atomic E-state index is 12.9. The number of unbranched alkanes of at least 4 members (excludes halogenated alkanes) is 1. The second-order valence-corrected chi connectivity index (χ2v) is 9.67. The summed E-state index contributed by atoms with van der Waals surface area (Å²) in [5.41, 5.74) is 1.83. The summed E-state index contributed by atoms with van der Waals surface area (Å²) >= 11 is 1.69. The lowest BCUT2D eigenvalue weighted by molar-refractivity contribution is 0.447. The van der Waals surface area contributed by atoms with Crippen molar-refractivity contribution in [2.24, 2.45) is 13.0 Å². The highest BCUT2D eigenvalue weighted by atomic mass is 32.2. The van der Waals surface area contributed by atoms with Crippen molar-refractivity contribution in [1.82, 2.24) is 19.7 Å². The highest BCUT2D eigenvalue weighted by Gasteiger charge is 2.31. The molecule has 1 aliphatic rings. The lowest BCUT2D eigenvalue weighted by Crippen LogP contribution is -2.31. The molecule has 1 fully saturated rings. The Labute approximate surface area is 206 Å². The van der Waals surface area contributed by atoms with Gasteiger partial charge < -0.3 is 14.5 Å². The number of anilines is 1. The van der Waals surface area contributed by atoms with Gasteiger partial charge in [0.05, 0.1) is 0 Å². The maximum absolute atomic E-state index is 12.9. The van der Waals surface area contributed by atoms with Crippen molar-refractivity contribution in [2.45, 2.75) is 64.1 Å². The quantitative estimate of drug-likeness (QED) is 0.318. The summed E-state index contributed by atoms with van der Waals surface area (Å²) in [6.45, 7) is 7.79. The molecule has 2 unspecified atom stereocenters. The van der Waals surface area contributed by atoms with Crippen molar-refractivity contribution in [3.05, 3.63) is 58.8 Å². The van der Waals surface area contributed by atoms with Crippen LogP contribution in [-0.2, 0) is 7.05 Å². The molecule has 3 aromatic rings. The minimum atomic E-state index is -0.150. The van der Waals surface area contributed by atoms with Gasteiger partial charge in [-0.1, -0.05) is 45.4 Å². The van der Waals surface area contributed by atoms with E-state index < -0.39 is 0 Å². The second kappa shape index (κ2) is 12.7. The fraction of sp³-hybridized carbons (Fsp3) is 0.500. The Morgan fingerprint density at radius 2 is 1.88 bits per heavy atom. The number of hydrogen-bond donors (Lipinski definition) is 1. The van der Waals surface area contributed by atoms with Crippen molar-refractivity contribution >= 4 is 17.4 Å². The van der Waals surface area contributed by atoms with Crippen molar-refractivity contribution < 1.29 is 4.39 Å². The van der Waals surface area contributed by atoms with Gasteiger partial charge in [-0.05, 0) is 55.5 Å². The average Bonchev–Trinajstić information content (AvgIpc) is 3.43. The van der Waals surface area contributed by atoms with E-state index in [1.54, 1.807) is 30.1 Å². The van der Waals surface area contributed by atoms with Crippen LogP contribution in [0.4, 0.5) is 10.1 Å². The van der Waals surface area contributed by atoms with Crippen LogP contribution in [0.1, 0.15) is 52.9 Å². The summed E-state index contributed by atoms with van der Waals surface area (Å²) in [6.07, 6.45) is 7.65. The number of aromatic nitrogens is 4. The number of thioether (sulfide) groups is 1. The molecule has 3 heterocycles. The molecule has 0 aliphatic carbocycles. The molecule has 1 aliphatic heterocycles. The molecular formula is C26H36FN5OS. The first-order valence-corrected chi connectivity index (χ1v) is 13.2. The summed E-state index contributed by atoms with van der Waals surface area (Å²) in [4.78, 5) is 16.3. The number of rotatable bonds is 8. The zero-order valence-corrected chi connectivity index (χ0v) is 21.4. The first-order valence-electron chi connectivity index (χ1n) is 12.2. The van der Waals surface area contributed by atoms with Gasteiger partial charge in [0.2, 0.25) is 5.56 Å². The monoisotopic (exact) mass is 485 g/mol. The van der Waals surface area contributed by atoms with Crippen LogP contribution in [0.5, 0.6) is 0 Å². The third-order valence-electron chi connectivity index (χ3n) is 6.38. The topological polar surface area (TPSA) is 66.8 Å². The zero-order valence-electron chi connectivity index (χ0n) is 20.6. The van der Waals surface area contributed by atoms with E-state index in [9.17, 15) is 9.18 Å². The number of halogens is 1. The van der Waals surface area contributed by atoms with Crippen LogP contribution < -0.4 is 10.5 Å². The molecule has 0 spiro atoms. The second-order valence-electron chi connectivity index (χ2n) is 8.61. The minimum absolute atomic E-state index is 0.129. The van der Waals surface area contributed by atoms with Gasteiger partial charge in [-0.3, -0.25) is 4.79 Å². The standard InChI is InChI=1S/C14H20FN.C12H16N4OS/c1-3-11-9-10-16(14(11)4-2)13-7-5-12(15)6-8-13;1-3-4-7-18-12-15-14-11(16(12)2)9-5-6-13-10(17)8-9/h5-8,11,14H,3-4,9-10H2,1-2H3;5-6,8H,3-4,7H2,1-2H3,(H,13,17). The fourth-order valence-corrected chi connectivity index (χ4v) is 5.48. The van der Waals surface area contributed by atoms with Crippen LogP contribution in [0.3, 0.4) is 0 Å². The van der Waals surface area contributed by atoms with Crippen molar-refractivity contribution in [3.8, 4) is 11.4 Å². The van der Waals surface area contributed by atoms with Crippen molar-refractivity contribution in [3.63, 3.8) is 0 Å². The third kappa shape index (κ3) is 6.50. The first-order chi connectivity index (χ1) is 16.5. The lowest BCUT2D eigenvalue weighted by atomic mass is 9.95. The van der Waals surface area contributed by atoms with Gasteiger partial charge in [0.1, 0.15) is 5.82 Å². The highest BCUT2D eigenvalue weighted by Crippen LogP contribution is 2.33. The number of benzene rings is 1. The van der Waals surface area contributed by atoms with Crippen LogP contribution in [0.2, 0.25) is 0 Å². The van der Waals surface area contributed by atoms with Gasteiger partial charge >= 0.3 is 0 Å². The van der Waals surface area contributed by atoms with Gasteiger partial charge in [-0.2, -0.15) is 0 Å². The zero-order chi connectivity index (χ0) is 24.5. The van der Waals surface area contributed by atoms with E-state index in [1.165, 1.54) is 37.4 Å². The average molecular weight is 486 g/mol. The molecule has 34 heavy (non-hydrogen) atoms. The Morgan fingerprint density at radius 3 is 2.53 bits per heavy atom. The summed E-state index contributed by atoms with van der Waals surface area (Å²) < 4.78 is 14.8. The van der Waals surface area contributed by atoms with Crippen LogP contribution in [0.25, 0.3) is 11.4 Å². The van der Waals surface area contributed by atoms with Gasteiger partial charge in [0.15, 0.2) is 11.0 Å². The van der Waals surface area contributed by atoms with Crippen LogP contribution in [0, 0.1) is 11.7 Å². The Balaban J connectivity index is 0.000000192. The van der Waals surface area contributed by atoms with E-state index in [0.717, 1.165) is 41.2 Å². The number of nitrogens with zero attached hydrogens (tertiary/aromatic N) is 4. The van der Waals surface area contributed by atoms with Crippen LogP contribution in [0.15, 0.2) is 52.5 Å². The molecule has 8 heteroatoms. The van der Waals surface area contributed by atoms with E-state index >= 15 is 0 Å². The van der Waals surface area contributed by atoms with E-state index in [4.69, 9.17) is 0 Å². The van der Waals surface area contributed by atoms with Gasteiger partial charge in [-0.15, -0.1) is 10.2 Å². The highest BCUT2D eigenvalue weighted by molar-refractivity contribution is 7.99. The molecule has 1 aromatic carbocycles. The first kappa shape index (κ1) is 26.0. The molecule has 0 bridgehead atoms. The largest absolute Gasteiger partial charge is 0.368 e. The van der Waals surface area contributed by atoms with Gasteiger partial charge in [0.25, 0.3) is 0 Å². The maximum Gasteiger partial charge on any atom is 0.248 e. The summed E-state index contributed by atoms with van der Waals surface area (Å²) in [7, 11) is 1.92. The molecule has 1 saturated heterocycles. The van der Waals surface area contributed by atoms with E-state index in [2.05, 4.69) is 40.9 Å². The Bertz CT molecular complexity index is 1080. The predicted octanol–water partition coefficient (Wildman–Crippen LogP) is 5.90. The normalized spacial score (nSPS) is 17.5. The summed E-state index contributed by atoms with van der Waals surface area (Å²) in [6, 6.07) is 10.9. The van der Waals surface area contributed by atoms with Crippen LogP contribution >= 0.6 is 11.8 Å². The molecule has 0 radical (unpaired) electrons. The fourth-order valence-electron chi connectivity index (χ4n) is 4.48. The molecular weight excluding hydrogens is 449 g/mol. The van der Waals surface area contributed by atoms with Gasteiger partial charge in [0, 0.05) is 48.9 Å². The summed E-state index contributed by atoms with van der Waals surface area (Å²) in [5.74, 6) is 2.41. The van der Waals surface area contributed by atoms with Gasteiger partial charge in [-0.25, -0.2) is 4.39 Å². The Kier molecular flexibility index (Phi) is 9.74. The van der Waals surface area contributed by atoms with Crippen LogP contribution in [-0.4, -0.2) is 38.1 Å². The molecule has 1 N–H and O–H groups in total. The number of aromatic amines is 1. The number of hydrogen-bond acceptors (Lipinski definition) is 5. The van der Waals surface area contributed by atoms with Crippen molar-refractivity contribution in [1.29, 1.82) is 0 Å². The van der Waals surface area contributed by atoms with Crippen molar-refractivity contribution in [2.75, 3.05) is 17.2 Å². The van der Waals surface area contributed by atoms with E-state index in [1.807, 2.05) is 29.8 Å². The molecule has 6 nitrogen and oxygen atoms in total. The molecule has 0 saturated carbocycles. The SMILES string of the molecule is CCC1CCN(c2ccc(F)cc2)C1CC.CCCCSc1nnc(-c2cc[nH]c(=O)c2)n1C. The Morgan fingerprint density at radius 1 is 1.12 bits per heavy atom. The molecule has 0 amide bonds. The molecule has 2 aromatic heterocycles. The van der Waals surface area contributed by atoms with E-state index in [0.29, 0.717) is 6.04 Å². The smallest absolute Gasteiger partial charge is 0.248 e. The molecule has 2 atom stereocenters. The third-order valence-corrected chi connectivity index (χ3v) is 7.49. The Hall–Kier alpha value is -2.61. The minimum Gasteiger partial charge on any atom is -0.368 e. The summed E-state index contributed by atoms with van der Waals surface area (Å²) in [5, 5.41) is 9.19. The number of nitrogens with one attached hydrogen (secondary N) is 1. The van der Waals surface area contributed by atoms with E-state index in [-0.39, 0.29) is 11.4 Å².